The first-order valence-corrected chi connectivity index (χ1v) is 5.98. The van der Waals surface area contributed by atoms with E-state index in [0.29, 0.717) is 0 Å². The van der Waals surface area contributed by atoms with Crippen molar-refractivity contribution < 1.29 is 4.79 Å². The van der Waals surface area contributed by atoms with Gasteiger partial charge in [-0.2, -0.15) is 0 Å². The number of halogens is 5. The van der Waals surface area contributed by atoms with E-state index in [1.807, 2.05) is 22.6 Å². The van der Waals surface area contributed by atoms with E-state index in [1.165, 1.54) is 0 Å². The molecule has 0 saturated carbocycles. The summed E-state index contributed by atoms with van der Waals surface area (Å²) in [6.45, 7) is 0. The molecule has 1 heterocycles. The van der Waals surface area contributed by atoms with Crippen molar-refractivity contribution in [3.05, 3.63) is 19.9 Å². The van der Waals surface area contributed by atoms with Crippen molar-refractivity contribution in [1.82, 2.24) is 4.98 Å². The average Bonchev–Trinajstić information content (AvgIpc) is 2.29. The van der Waals surface area contributed by atoms with Gasteiger partial charge in [-0.25, -0.2) is 0 Å². The maximum atomic E-state index is 11.4. The molecule has 0 aromatic carbocycles. The second-order valence-electron chi connectivity index (χ2n) is 2.17. The van der Waals surface area contributed by atoms with Crippen LogP contribution in [-0.4, -0.2) is 14.6 Å². The fourth-order valence-electron chi connectivity index (χ4n) is 0.679. The van der Waals surface area contributed by atoms with Gasteiger partial charge in [-0.15, -0.1) is 0 Å². The predicted octanol–water partition coefficient (Wildman–Crippen LogP) is 3.93. The fraction of sp³-hybridized carbons (Fsp3) is 0.167. The van der Waals surface area contributed by atoms with Gasteiger partial charge in [-0.05, 0) is 44.6 Å². The van der Waals surface area contributed by atoms with Gasteiger partial charge in [0, 0.05) is 4.47 Å². The van der Waals surface area contributed by atoms with Crippen molar-refractivity contribution in [3.8, 4) is 0 Å². The number of nitrogens with one attached hydrogen (secondary N) is 1. The molecule has 7 heteroatoms. The van der Waals surface area contributed by atoms with Crippen LogP contribution in [0.1, 0.15) is 10.5 Å². The molecule has 0 aliphatic heterocycles. The molecule has 0 saturated heterocycles. The summed E-state index contributed by atoms with van der Waals surface area (Å²) in [5, 5.41) is 0. The van der Waals surface area contributed by atoms with E-state index in [1.54, 1.807) is 6.07 Å². The van der Waals surface area contributed by atoms with Gasteiger partial charge < -0.3 is 4.98 Å². The van der Waals surface area contributed by atoms with Gasteiger partial charge in [0.1, 0.15) is 0 Å². The first kappa shape index (κ1) is 12.1. The van der Waals surface area contributed by atoms with Crippen LogP contribution >= 0.6 is 73.3 Å². The van der Waals surface area contributed by atoms with Gasteiger partial charge >= 0.3 is 0 Å². The summed E-state index contributed by atoms with van der Waals surface area (Å²) in [7, 11) is 0. The quantitative estimate of drug-likeness (QED) is 0.419. The molecule has 1 aromatic heterocycles. The topological polar surface area (TPSA) is 32.9 Å². The second-order valence-corrected chi connectivity index (χ2v) is 6.39. The zero-order valence-corrected chi connectivity index (χ0v) is 11.9. The maximum absolute atomic E-state index is 11.4. The maximum Gasteiger partial charge on any atom is 0.254 e. The molecule has 1 N–H and O–H groups in total. The van der Waals surface area contributed by atoms with E-state index < -0.39 is 9.58 Å². The van der Waals surface area contributed by atoms with E-state index in [0.717, 1.165) is 8.17 Å². The van der Waals surface area contributed by atoms with Crippen molar-refractivity contribution in [2.75, 3.05) is 0 Å². The number of carbonyl (C=O) groups is 1. The number of aromatic amines is 1. The van der Waals surface area contributed by atoms with Gasteiger partial charge in [0.05, 0.1) is 9.39 Å². The smallest absolute Gasteiger partial charge is 0.254 e. The van der Waals surface area contributed by atoms with Crippen LogP contribution in [0.4, 0.5) is 0 Å². The zero-order valence-electron chi connectivity index (χ0n) is 5.88. The van der Waals surface area contributed by atoms with E-state index >= 15 is 0 Å². The number of hydrogen-bond acceptors (Lipinski definition) is 1. The highest BCUT2D eigenvalue weighted by atomic mass is 127. The second kappa shape index (κ2) is 4.26. The molecule has 72 valence electrons. The Bertz CT molecular complexity index is 327. The van der Waals surface area contributed by atoms with E-state index in [2.05, 4.69) is 20.9 Å². The number of rotatable bonds is 1. The Balaban J connectivity index is 3.03. The lowest BCUT2D eigenvalue weighted by molar-refractivity contribution is 0.0992. The third kappa shape index (κ3) is 2.99. The monoisotopic (exact) mass is 415 g/mol. The number of ketones is 1. The van der Waals surface area contributed by atoms with Crippen molar-refractivity contribution in [2.45, 2.75) is 3.79 Å². The average molecular weight is 417 g/mol. The fourth-order valence-corrected chi connectivity index (χ4v) is 1.76. The Morgan fingerprint density at radius 1 is 1.54 bits per heavy atom. The Morgan fingerprint density at radius 2 is 2.08 bits per heavy atom. The molecule has 13 heavy (non-hydrogen) atoms. The largest absolute Gasteiger partial charge is 0.347 e. The summed E-state index contributed by atoms with van der Waals surface area (Å²) >= 11 is 21.5. The molecule has 0 bridgehead atoms. The minimum absolute atomic E-state index is 0.274. The number of Topliss-reactive ketones (excluding diaryl/α,β-unsaturated/α-hetero) is 1. The molecule has 0 aliphatic rings. The summed E-state index contributed by atoms with van der Waals surface area (Å²) in [6.07, 6.45) is 0. The van der Waals surface area contributed by atoms with Crippen LogP contribution in [0.15, 0.2) is 10.5 Å². The third-order valence-corrected chi connectivity index (χ3v) is 3.96. The van der Waals surface area contributed by atoms with Crippen molar-refractivity contribution >= 4 is 79.1 Å². The minimum Gasteiger partial charge on any atom is -0.347 e. The van der Waals surface area contributed by atoms with Gasteiger partial charge in [0.2, 0.25) is 5.78 Å². The lowest BCUT2D eigenvalue weighted by Crippen LogP contribution is -2.19. The van der Waals surface area contributed by atoms with Crippen molar-refractivity contribution in [2.24, 2.45) is 0 Å². The first-order chi connectivity index (χ1) is 5.82. The summed E-state index contributed by atoms with van der Waals surface area (Å²) in [6, 6.07) is 1.58. The van der Waals surface area contributed by atoms with Crippen LogP contribution in [0, 0.1) is 3.70 Å². The van der Waals surface area contributed by atoms with E-state index in [9.17, 15) is 4.79 Å². The highest BCUT2D eigenvalue weighted by Gasteiger charge is 2.32. The Morgan fingerprint density at radius 3 is 2.38 bits per heavy atom. The zero-order chi connectivity index (χ0) is 10.2. The van der Waals surface area contributed by atoms with Crippen LogP contribution in [0.3, 0.4) is 0 Å². The highest BCUT2D eigenvalue weighted by Crippen LogP contribution is 2.31. The molecular weight excluding hydrogens is 415 g/mol. The Kier molecular flexibility index (Phi) is 3.97. The van der Waals surface area contributed by atoms with Crippen LogP contribution in [-0.2, 0) is 0 Å². The van der Waals surface area contributed by atoms with Crippen molar-refractivity contribution in [3.63, 3.8) is 0 Å². The van der Waals surface area contributed by atoms with Gasteiger partial charge in [0.15, 0.2) is 0 Å². The molecule has 0 amide bonds. The molecule has 0 fully saturated rings. The van der Waals surface area contributed by atoms with Crippen LogP contribution in [0.5, 0.6) is 0 Å². The molecule has 2 nitrogen and oxygen atoms in total. The van der Waals surface area contributed by atoms with E-state index in [4.69, 9.17) is 34.8 Å². The lowest BCUT2D eigenvalue weighted by Gasteiger charge is -2.06. The third-order valence-electron chi connectivity index (χ3n) is 1.23. The summed E-state index contributed by atoms with van der Waals surface area (Å²) in [5.41, 5.74) is 0.274. The molecule has 0 radical (unpaired) electrons. The normalized spacial score (nSPS) is 11.8. The first-order valence-electron chi connectivity index (χ1n) is 2.98. The molecule has 0 atom stereocenters. The number of hydrogen-bond donors (Lipinski definition) is 1. The van der Waals surface area contributed by atoms with Crippen molar-refractivity contribution in [1.29, 1.82) is 0 Å². The lowest BCUT2D eigenvalue weighted by atomic mass is 10.3. The molecule has 0 unspecified atom stereocenters. The van der Waals surface area contributed by atoms with Gasteiger partial charge in [-0.3, -0.25) is 4.79 Å². The predicted molar refractivity (Wildman–Crippen MR) is 65.8 cm³/mol. The molecule has 0 aliphatic carbocycles. The molecule has 1 rings (SSSR count). The summed E-state index contributed by atoms with van der Waals surface area (Å²) < 4.78 is -0.353. The Labute approximate surface area is 112 Å². The van der Waals surface area contributed by atoms with Crippen LogP contribution < -0.4 is 0 Å². The van der Waals surface area contributed by atoms with Gasteiger partial charge in [-0.1, -0.05) is 34.8 Å². The SMILES string of the molecule is O=C(c1cc(Br)c(I)[nH]1)C(Cl)(Cl)Cl. The summed E-state index contributed by atoms with van der Waals surface area (Å²) in [4.78, 5) is 14.2. The number of aromatic nitrogens is 1. The highest BCUT2D eigenvalue weighted by molar-refractivity contribution is 14.1. The molecule has 0 spiro atoms. The Hall–Kier alpha value is 1.03. The molecular formula is C6H2BrCl3INO. The van der Waals surface area contributed by atoms with Gasteiger partial charge in [0.25, 0.3) is 3.79 Å². The standard InChI is InChI=1S/C6H2BrCl3INO/c7-2-1-3(12-5(2)11)4(13)6(8,9)10/h1,12H. The summed E-state index contributed by atoms with van der Waals surface area (Å²) in [5.74, 6) is -0.568. The molecule has 1 aromatic rings. The number of carbonyl (C=O) groups excluding carboxylic acids is 1. The minimum atomic E-state index is -1.91. The van der Waals surface area contributed by atoms with Crippen LogP contribution in [0.2, 0.25) is 0 Å². The number of alkyl halides is 3. The van der Waals surface area contributed by atoms with E-state index in [-0.39, 0.29) is 5.69 Å². The number of H-pyrrole nitrogens is 1. The van der Waals surface area contributed by atoms with Crippen LogP contribution in [0.25, 0.3) is 0 Å².